The second-order valence-corrected chi connectivity index (χ2v) is 4.37. The molecule has 0 unspecified atom stereocenters. The normalized spacial score (nSPS) is 17.8. The highest BCUT2D eigenvalue weighted by molar-refractivity contribution is 6.12. The molecule has 96 valence electrons. The average molecular weight is 256 g/mol. The minimum absolute atomic E-state index is 0.178. The van der Waals surface area contributed by atoms with E-state index in [1.807, 2.05) is 24.3 Å². The van der Waals surface area contributed by atoms with Crippen molar-refractivity contribution in [1.82, 2.24) is 0 Å². The summed E-state index contributed by atoms with van der Waals surface area (Å²) < 4.78 is 13.2. The molecule has 1 heterocycles. The molecule has 0 spiro atoms. The van der Waals surface area contributed by atoms with Crippen LogP contribution in [0.1, 0.15) is 10.4 Å². The molecule has 1 amide bonds. The number of para-hydroxylation sites is 2. The zero-order valence-corrected chi connectivity index (χ0v) is 10.2. The Morgan fingerprint density at radius 3 is 2.47 bits per heavy atom. The minimum Gasteiger partial charge on any atom is -0.362 e. The third-order valence-corrected chi connectivity index (χ3v) is 3.19. The molecule has 0 bridgehead atoms. The number of carbonyl (C=O) groups excluding carboxylic acids is 1. The molecule has 0 fully saturated rings. The van der Waals surface area contributed by atoms with Gasteiger partial charge in [-0.25, -0.2) is 4.39 Å². The number of carbonyl (C=O) groups is 1. The summed E-state index contributed by atoms with van der Waals surface area (Å²) in [5.41, 5.74) is 1.94. The van der Waals surface area contributed by atoms with E-state index in [9.17, 15) is 9.18 Å². The number of fused-ring (bicyclic) bond motifs is 1. The number of alkyl halides is 1. The van der Waals surface area contributed by atoms with Crippen molar-refractivity contribution < 1.29 is 9.18 Å². The molecule has 0 saturated carbocycles. The number of anilines is 2. The molecular weight excluding hydrogens is 243 g/mol. The average Bonchev–Trinajstić information content (AvgIpc) is 2.48. The third-order valence-electron chi connectivity index (χ3n) is 3.19. The molecule has 0 aliphatic carbocycles. The summed E-state index contributed by atoms with van der Waals surface area (Å²) in [4.78, 5) is 14.0. The van der Waals surface area contributed by atoms with Gasteiger partial charge in [-0.05, 0) is 24.3 Å². The molecule has 2 aromatic carbocycles. The molecule has 1 aliphatic rings. The van der Waals surface area contributed by atoms with Crippen LogP contribution in [0.5, 0.6) is 0 Å². The second-order valence-electron chi connectivity index (χ2n) is 4.37. The lowest BCUT2D eigenvalue weighted by Gasteiger charge is -2.36. The molecular formula is C15H13FN2O. The third kappa shape index (κ3) is 1.95. The molecule has 1 atom stereocenters. The predicted octanol–water partition coefficient (Wildman–Crippen LogP) is 3.05. The van der Waals surface area contributed by atoms with Crippen molar-refractivity contribution >= 4 is 17.3 Å². The Hall–Kier alpha value is -2.36. The number of nitrogens with one attached hydrogen (secondary N) is 1. The van der Waals surface area contributed by atoms with Crippen LogP contribution in [0, 0.1) is 0 Å². The number of amides is 1. The summed E-state index contributed by atoms with van der Waals surface area (Å²) >= 11 is 0. The van der Waals surface area contributed by atoms with Crippen LogP contribution in [0.25, 0.3) is 0 Å². The maximum absolute atomic E-state index is 13.2. The van der Waals surface area contributed by atoms with E-state index in [1.165, 1.54) is 4.90 Å². The molecule has 0 radical (unpaired) electrons. The maximum atomic E-state index is 13.2. The van der Waals surface area contributed by atoms with Crippen LogP contribution >= 0.6 is 0 Å². The van der Waals surface area contributed by atoms with Gasteiger partial charge in [-0.1, -0.05) is 30.3 Å². The summed E-state index contributed by atoms with van der Waals surface area (Å²) in [5.74, 6) is -0.178. The fraction of sp³-hybridized carbons (Fsp3) is 0.133. The quantitative estimate of drug-likeness (QED) is 0.895. The predicted molar refractivity (Wildman–Crippen MR) is 73.1 cm³/mol. The lowest BCUT2D eigenvalue weighted by Crippen LogP contribution is -2.50. The van der Waals surface area contributed by atoms with Gasteiger partial charge in [-0.2, -0.15) is 0 Å². The Kier molecular flexibility index (Phi) is 2.91. The van der Waals surface area contributed by atoms with Gasteiger partial charge in [0.15, 0.2) is 0 Å². The highest BCUT2D eigenvalue weighted by atomic mass is 19.1. The van der Waals surface area contributed by atoms with Gasteiger partial charge in [0.1, 0.15) is 12.8 Å². The van der Waals surface area contributed by atoms with Gasteiger partial charge in [0, 0.05) is 11.4 Å². The van der Waals surface area contributed by atoms with Gasteiger partial charge >= 0.3 is 0 Å². The number of hydrogen-bond donors (Lipinski definition) is 1. The van der Waals surface area contributed by atoms with Crippen molar-refractivity contribution in [3.63, 3.8) is 0 Å². The van der Waals surface area contributed by atoms with Crippen LogP contribution in [0.4, 0.5) is 15.8 Å². The second kappa shape index (κ2) is 4.72. The van der Waals surface area contributed by atoms with Crippen molar-refractivity contribution in [2.45, 2.75) is 6.17 Å². The number of halogens is 1. The van der Waals surface area contributed by atoms with Gasteiger partial charge < -0.3 is 5.32 Å². The van der Waals surface area contributed by atoms with E-state index in [0.717, 1.165) is 0 Å². The molecule has 2 aromatic rings. The Morgan fingerprint density at radius 1 is 1.05 bits per heavy atom. The van der Waals surface area contributed by atoms with Gasteiger partial charge in [-0.3, -0.25) is 9.69 Å². The van der Waals surface area contributed by atoms with Gasteiger partial charge in [0.2, 0.25) is 0 Å². The smallest absolute Gasteiger partial charge is 0.262 e. The summed E-state index contributed by atoms with van der Waals surface area (Å²) in [7, 11) is 0. The van der Waals surface area contributed by atoms with E-state index in [1.54, 1.807) is 30.3 Å². The zero-order valence-electron chi connectivity index (χ0n) is 10.2. The summed E-state index contributed by atoms with van der Waals surface area (Å²) in [6, 6.07) is 16.3. The van der Waals surface area contributed by atoms with Gasteiger partial charge in [0.25, 0.3) is 5.91 Å². The van der Waals surface area contributed by atoms with E-state index in [0.29, 0.717) is 16.9 Å². The van der Waals surface area contributed by atoms with Crippen LogP contribution in [0.2, 0.25) is 0 Å². The standard InChI is InChI=1S/C15H13FN2O/c16-10-14-17-13-9-5-4-8-12(13)15(19)18(14)11-6-2-1-3-7-11/h1-9,14,17H,10H2/t14-/m0/s1. The molecule has 19 heavy (non-hydrogen) atoms. The summed E-state index contributed by atoms with van der Waals surface area (Å²) in [6.07, 6.45) is -0.662. The Balaban J connectivity index is 2.07. The van der Waals surface area contributed by atoms with Crippen LogP contribution in [-0.2, 0) is 0 Å². The van der Waals surface area contributed by atoms with E-state index < -0.39 is 12.8 Å². The number of hydrogen-bond acceptors (Lipinski definition) is 2. The first-order chi connectivity index (χ1) is 9.31. The number of nitrogens with zero attached hydrogens (tertiary/aromatic N) is 1. The minimum atomic E-state index is -0.662. The number of benzene rings is 2. The van der Waals surface area contributed by atoms with Crippen molar-refractivity contribution in [2.75, 3.05) is 16.9 Å². The summed E-state index contributed by atoms with van der Waals surface area (Å²) in [6.45, 7) is -0.644. The first-order valence-corrected chi connectivity index (χ1v) is 6.11. The summed E-state index contributed by atoms with van der Waals surface area (Å²) in [5, 5.41) is 3.06. The Labute approximate surface area is 110 Å². The molecule has 1 aliphatic heterocycles. The fourth-order valence-corrected chi connectivity index (χ4v) is 2.30. The molecule has 3 rings (SSSR count). The maximum Gasteiger partial charge on any atom is 0.262 e. The zero-order chi connectivity index (χ0) is 13.2. The van der Waals surface area contributed by atoms with Crippen LogP contribution in [-0.4, -0.2) is 18.7 Å². The first kappa shape index (κ1) is 11.7. The molecule has 4 heteroatoms. The van der Waals surface area contributed by atoms with E-state index >= 15 is 0 Å². The topological polar surface area (TPSA) is 32.3 Å². The monoisotopic (exact) mass is 256 g/mol. The first-order valence-electron chi connectivity index (χ1n) is 6.11. The number of rotatable bonds is 2. The van der Waals surface area contributed by atoms with Crippen LogP contribution in [0.3, 0.4) is 0 Å². The van der Waals surface area contributed by atoms with E-state index in [-0.39, 0.29) is 5.91 Å². The molecule has 1 N–H and O–H groups in total. The lowest BCUT2D eigenvalue weighted by atomic mass is 10.1. The van der Waals surface area contributed by atoms with Crippen molar-refractivity contribution in [1.29, 1.82) is 0 Å². The Morgan fingerprint density at radius 2 is 1.74 bits per heavy atom. The lowest BCUT2D eigenvalue weighted by molar-refractivity contribution is 0.0971. The van der Waals surface area contributed by atoms with Crippen LogP contribution in [0.15, 0.2) is 54.6 Å². The van der Waals surface area contributed by atoms with Gasteiger partial charge in [-0.15, -0.1) is 0 Å². The molecule has 0 saturated heterocycles. The van der Waals surface area contributed by atoms with Gasteiger partial charge in [0.05, 0.1) is 5.56 Å². The Bertz CT molecular complexity index is 600. The molecule has 0 aromatic heterocycles. The van der Waals surface area contributed by atoms with Crippen molar-refractivity contribution in [3.8, 4) is 0 Å². The fourth-order valence-electron chi connectivity index (χ4n) is 2.30. The van der Waals surface area contributed by atoms with E-state index in [2.05, 4.69) is 5.32 Å². The van der Waals surface area contributed by atoms with Crippen molar-refractivity contribution in [3.05, 3.63) is 60.2 Å². The van der Waals surface area contributed by atoms with E-state index in [4.69, 9.17) is 0 Å². The largest absolute Gasteiger partial charge is 0.362 e. The SMILES string of the molecule is O=C1c2ccccc2N[C@H](CF)N1c1ccccc1. The van der Waals surface area contributed by atoms with Crippen LogP contribution < -0.4 is 10.2 Å². The van der Waals surface area contributed by atoms with Crippen molar-refractivity contribution in [2.24, 2.45) is 0 Å². The highest BCUT2D eigenvalue weighted by Crippen LogP contribution is 2.29. The highest BCUT2D eigenvalue weighted by Gasteiger charge is 2.32. The molecule has 3 nitrogen and oxygen atoms in total.